The Labute approximate surface area is 131 Å². The molecule has 0 atom stereocenters. The summed E-state index contributed by atoms with van der Waals surface area (Å²) in [6, 6.07) is 5.31. The van der Waals surface area contributed by atoms with Crippen LogP contribution in [0.15, 0.2) is 18.2 Å². The zero-order valence-electron chi connectivity index (χ0n) is 11.6. The van der Waals surface area contributed by atoms with Gasteiger partial charge in [-0.2, -0.15) is 0 Å². The normalized spacial score (nSPS) is 10.4. The largest absolute Gasteiger partial charge is 0.375 e. The highest BCUT2D eigenvalue weighted by Gasteiger charge is 2.22. The number of anilines is 2. The number of nitrogen functional groups attached to an aromatic ring is 1. The molecule has 5 nitrogen and oxygen atoms in total. The Balaban J connectivity index is 2.35. The number of thiazole rings is 1. The summed E-state index contributed by atoms with van der Waals surface area (Å²) in [5.74, 6) is -0.652. The maximum Gasteiger partial charge on any atom is 0.268 e. The first kappa shape index (κ1) is 15.5. The maximum atomic E-state index is 12.4. The van der Waals surface area contributed by atoms with Crippen LogP contribution < -0.4 is 11.1 Å². The second kappa shape index (κ2) is 6.24. The fourth-order valence-electron chi connectivity index (χ4n) is 1.81. The number of rotatable bonds is 4. The van der Waals surface area contributed by atoms with E-state index in [2.05, 4.69) is 10.3 Å². The quantitative estimate of drug-likeness (QED) is 0.843. The summed E-state index contributed by atoms with van der Waals surface area (Å²) in [6.07, 6.45) is 0.259. The summed E-state index contributed by atoms with van der Waals surface area (Å²) in [4.78, 5) is 28.3. The summed E-state index contributed by atoms with van der Waals surface area (Å²) in [5.41, 5.74) is 7.07. The van der Waals surface area contributed by atoms with Crippen LogP contribution in [-0.4, -0.2) is 16.7 Å². The van der Waals surface area contributed by atoms with Crippen molar-refractivity contribution in [3.8, 4) is 0 Å². The lowest BCUT2D eigenvalue weighted by molar-refractivity contribution is 0.0967. The van der Waals surface area contributed by atoms with Crippen LogP contribution in [0, 0.1) is 6.92 Å². The molecular weight excluding hydrogens is 310 g/mol. The zero-order chi connectivity index (χ0) is 15.6. The van der Waals surface area contributed by atoms with E-state index in [4.69, 9.17) is 17.3 Å². The van der Waals surface area contributed by atoms with Gasteiger partial charge in [0.2, 0.25) is 0 Å². The van der Waals surface area contributed by atoms with E-state index in [1.165, 1.54) is 0 Å². The molecule has 1 aromatic heterocycles. The van der Waals surface area contributed by atoms with E-state index in [9.17, 15) is 9.59 Å². The van der Waals surface area contributed by atoms with E-state index in [1.54, 1.807) is 19.1 Å². The number of hydrogen-bond donors (Lipinski definition) is 2. The standard InChI is InChI=1S/C14H14ClN3O2S/c1-3-9(19)11-12(21-14(16)18-11)13(20)17-10-7(2)5-4-6-8(10)15/h4-6H,3H2,1-2H3,(H2,16,18)(H,17,20). The summed E-state index contributed by atoms with van der Waals surface area (Å²) in [7, 11) is 0. The number of aromatic nitrogens is 1. The van der Waals surface area contributed by atoms with Crippen molar-refractivity contribution in [2.45, 2.75) is 20.3 Å². The first-order valence-corrected chi connectivity index (χ1v) is 7.49. The molecule has 0 fully saturated rings. The highest BCUT2D eigenvalue weighted by Crippen LogP contribution is 2.28. The number of ketones is 1. The Bertz CT molecular complexity index is 692. The predicted molar refractivity (Wildman–Crippen MR) is 85.3 cm³/mol. The van der Waals surface area contributed by atoms with Gasteiger partial charge in [-0.3, -0.25) is 9.59 Å². The van der Waals surface area contributed by atoms with Crippen molar-refractivity contribution in [1.82, 2.24) is 4.98 Å². The Morgan fingerprint density at radius 2 is 2.14 bits per heavy atom. The molecule has 1 heterocycles. The second-order valence-electron chi connectivity index (χ2n) is 4.39. The molecule has 0 aliphatic rings. The molecule has 3 N–H and O–H groups in total. The fraction of sp³-hybridized carbons (Fsp3) is 0.214. The lowest BCUT2D eigenvalue weighted by atomic mass is 10.2. The first-order chi connectivity index (χ1) is 9.93. The van der Waals surface area contributed by atoms with Crippen molar-refractivity contribution in [3.63, 3.8) is 0 Å². The molecule has 110 valence electrons. The maximum absolute atomic E-state index is 12.4. The molecule has 0 unspecified atom stereocenters. The van der Waals surface area contributed by atoms with E-state index >= 15 is 0 Å². The van der Waals surface area contributed by atoms with Crippen molar-refractivity contribution < 1.29 is 9.59 Å². The molecule has 7 heteroatoms. The third kappa shape index (κ3) is 3.22. The van der Waals surface area contributed by atoms with Gasteiger partial charge in [0.15, 0.2) is 10.9 Å². The van der Waals surface area contributed by atoms with Crippen LogP contribution in [0.25, 0.3) is 0 Å². The number of nitrogens with zero attached hydrogens (tertiary/aromatic N) is 1. The van der Waals surface area contributed by atoms with E-state index < -0.39 is 5.91 Å². The highest BCUT2D eigenvalue weighted by molar-refractivity contribution is 7.17. The van der Waals surface area contributed by atoms with Crippen LogP contribution in [0.4, 0.5) is 10.8 Å². The van der Waals surface area contributed by atoms with Gasteiger partial charge in [0.25, 0.3) is 5.91 Å². The number of carbonyl (C=O) groups is 2. The number of carbonyl (C=O) groups excluding carboxylic acids is 2. The molecule has 2 rings (SSSR count). The average molecular weight is 324 g/mol. The summed E-state index contributed by atoms with van der Waals surface area (Å²) in [6.45, 7) is 3.54. The first-order valence-electron chi connectivity index (χ1n) is 6.30. The minimum Gasteiger partial charge on any atom is -0.375 e. The number of nitrogens with two attached hydrogens (primary N) is 1. The third-order valence-corrected chi connectivity index (χ3v) is 4.09. The Morgan fingerprint density at radius 3 is 2.76 bits per heavy atom. The lowest BCUT2D eigenvalue weighted by Gasteiger charge is -2.09. The van der Waals surface area contributed by atoms with Crippen molar-refractivity contribution in [1.29, 1.82) is 0 Å². The van der Waals surface area contributed by atoms with Gasteiger partial charge in [-0.25, -0.2) is 4.98 Å². The van der Waals surface area contributed by atoms with Crippen LogP contribution in [0.3, 0.4) is 0 Å². The second-order valence-corrected chi connectivity index (χ2v) is 5.83. The molecule has 0 saturated carbocycles. The smallest absolute Gasteiger partial charge is 0.268 e. The molecule has 1 amide bonds. The van der Waals surface area contributed by atoms with Gasteiger partial charge in [-0.05, 0) is 18.6 Å². The van der Waals surface area contributed by atoms with Gasteiger partial charge in [-0.1, -0.05) is 42.0 Å². The van der Waals surface area contributed by atoms with Gasteiger partial charge in [0.1, 0.15) is 10.6 Å². The number of hydrogen-bond acceptors (Lipinski definition) is 5. The molecule has 1 aromatic carbocycles. The number of para-hydroxylation sites is 1. The van der Waals surface area contributed by atoms with Crippen molar-refractivity contribution in [3.05, 3.63) is 39.4 Å². The molecule has 0 aliphatic heterocycles. The number of aryl methyl sites for hydroxylation is 1. The number of benzene rings is 1. The van der Waals surface area contributed by atoms with Crippen LogP contribution >= 0.6 is 22.9 Å². The molecule has 0 aliphatic carbocycles. The minimum atomic E-state index is -0.433. The average Bonchev–Trinajstić information content (AvgIpc) is 2.84. The molecule has 0 saturated heterocycles. The summed E-state index contributed by atoms with van der Waals surface area (Å²) >= 11 is 7.07. The fourth-order valence-corrected chi connectivity index (χ4v) is 2.82. The van der Waals surface area contributed by atoms with E-state index in [1.807, 2.05) is 13.0 Å². The van der Waals surface area contributed by atoms with E-state index in [0.717, 1.165) is 16.9 Å². The minimum absolute atomic E-state index is 0.113. The van der Waals surface area contributed by atoms with Crippen molar-refractivity contribution >= 4 is 45.4 Å². The van der Waals surface area contributed by atoms with Crippen LogP contribution in [0.5, 0.6) is 0 Å². The van der Waals surface area contributed by atoms with Crippen LogP contribution in [-0.2, 0) is 0 Å². The molecule has 2 aromatic rings. The highest BCUT2D eigenvalue weighted by atomic mass is 35.5. The van der Waals surface area contributed by atoms with Crippen LogP contribution in [0.2, 0.25) is 5.02 Å². The van der Waals surface area contributed by atoms with E-state index in [-0.39, 0.29) is 27.9 Å². The van der Waals surface area contributed by atoms with Gasteiger partial charge >= 0.3 is 0 Å². The van der Waals surface area contributed by atoms with Crippen LogP contribution in [0.1, 0.15) is 39.1 Å². The SMILES string of the molecule is CCC(=O)c1nc(N)sc1C(=O)Nc1c(C)cccc1Cl. The number of nitrogens with one attached hydrogen (secondary N) is 1. The Hall–Kier alpha value is -1.92. The van der Waals surface area contributed by atoms with Crippen molar-refractivity contribution in [2.75, 3.05) is 11.1 Å². The van der Waals surface area contributed by atoms with Gasteiger partial charge in [-0.15, -0.1) is 0 Å². The topological polar surface area (TPSA) is 85.1 Å². The number of amides is 1. The monoisotopic (exact) mass is 323 g/mol. The number of halogens is 1. The molecule has 0 radical (unpaired) electrons. The lowest BCUT2D eigenvalue weighted by Crippen LogP contribution is -2.15. The molecule has 0 spiro atoms. The Morgan fingerprint density at radius 1 is 1.43 bits per heavy atom. The summed E-state index contributed by atoms with van der Waals surface area (Å²) < 4.78 is 0. The molecule has 21 heavy (non-hydrogen) atoms. The third-order valence-electron chi connectivity index (χ3n) is 2.90. The predicted octanol–water partition coefficient (Wildman–Crippen LogP) is 3.53. The summed E-state index contributed by atoms with van der Waals surface area (Å²) in [5, 5.41) is 3.34. The zero-order valence-corrected chi connectivity index (χ0v) is 13.1. The molecular formula is C14H14ClN3O2S. The van der Waals surface area contributed by atoms with E-state index in [0.29, 0.717) is 10.7 Å². The van der Waals surface area contributed by atoms with Gasteiger partial charge in [0.05, 0.1) is 10.7 Å². The van der Waals surface area contributed by atoms with Gasteiger partial charge in [0, 0.05) is 6.42 Å². The molecule has 0 bridgehead atoms. The van der Waals surface area contributed by atoms with Gasteiger partial charge < -0.3 is 11.1 Å². The Kier molecular flexibility index (Phi) is 4.59. The number of Topliss-reactive ketones (excluding diaryl/α,β-unsaturated/α-hetero) is 1. The van der Waals surface area contributed by atoms with Crippen molar-refractivity contribution in [2.24, 2.45) is 0 Å².